The summed E-state index contributed by atoms with van der Waals surface area (Å²) in [5, 5.41) is 3.42. The Labute approximate surface area is 157 Å². The minimum atomic E-state index is -1.03. The van der Waals surface area contributed by atoms with Gasteiger partial charge in [0.25, 0.3) is 0 Å². The lowest BCUT2D eigenvalue weighted by Crippen LogP contribution is -2.59. The second kappa shape index (κ2) is 8.16. The minimum absolute atomic E-state index is 0.313. The smallest absolute Gasteiger partial charge is 0.330 e. The molecule has 7 nitrogen and oxygen atoms in total. The number of hydrogen-bond donors (Lipinski definition) is 2. The van der Waals surface area contributed by atoms with Crippen LogP contribution >= 0.6 is 0 Å². The number of nitrogens with zero attached hydrogens (tertiary/aromatic N) is 2. The van der Waals surface area contributed by atoms with Gasteiger partial charge in [-0.05, 0) is 31.4 Å². The predicted molar refractivity (Wildman–Crippen MR) is 104 cm³/mol. The molecular weight excluding hydrogens is 344 g/mol. The lowest BCUT2D eigenvalue weighted by molar-refractivity contribution is -0.139. The van der Waals surface area contributed by atoms with Crippen molar-refractivity contribution in [3.63, 3.8) is 0 Å². The van der Waals surface area contributed by atoms with E-state index in [1.165, 1.54) is 0 Å². The van der Waals surface area contributed by atoms with Gasteiger partial charge in [0.15, 0.2) is 5.92 Å². The molecule has 3 rings (SSSR count). The Morgan fingerprint density at radius 3 is 2.78 bits per heavy atom. The molecule has 7 heteroatoms. The number of amides is 4. The van der Waals surface area contributed by atoms with E-state index in [2.05, 4.69) is 15.3 Å². The summed E-state index contributed by atoms with van der Waals surface area (Å²) in [5.41, 5.74) is 2.65. The molecule has 0 radical (unpaired) electrons. The number of aliphatic imine (C=N–C) groups is 1. The van der Waals surface area contributed by atoms with E-state index < -0.39 is 23.8 Å². The third-order valence-electron chi connectivity index (χ3n) is 4.82. The number of benzene rings is 1. The zero-order valence-corrected chi connectivity index (χ0v) is 15.6. The number of aromatic nitrogens is 1. The van der Waals surface area contributed by atoms with Gasteiger partial charge in [-0.15, -0.1) is 0 Å². The summed E-state index contributed by atoms with van der Waals surface area (Å²) in [6, 6.07) is 7.39. The number of H-pyrrole nitrogens is 1. The molecule has 1 aliphatic heterocycles. The zero-order chi connectivity index (χ0) is 19.4. The zero-order valence-electron chi connectivity index (χ0n) is 15.6. The van der Waals surface area contributed by atoms with Gasteiger partial charge in [0.05, 0.1) is 0 Å². The number of nitrogens with one attached hydrogen (secondary N) is 2. The van der Waals surface area contributed by atoms with Crippen molar-refractivity contribution >= 4 is 34.5 Å². The van der Waals surface area contributed by atoms with Gasteiger partial charge >= 0.3 is 6.03 Å². The molecule has 4 amide bonds. The lowest BCUT2D eigenvalue weighted by Gasteiger charge is -2.30. The molecule has 2 heterocycles. The standard InChI is InChI=1S/C20H24N4O3/c1-3-4-11-24-19(26)17(18(25)23-20(24)27)13(2)21-10-9-14-12-22-16-8-6-5-7-15(14)16/h5-8,12,17,22H,3-4,9-11H2,1-2H3,(H,23,25,27)/t17-/m0/s1. The van der Waals surface area contributed by atoms with Gasteiger partial charge in [0.1, 0.15) is 0 Å². The van der Waals surface area contributed by atoms with E-state index in [0.29, 0.717) is 31.6 Å². The van der Waals surface area contributed by atoms with E-state index in [0.717, 1.165) is 27.8 Å². The number of rotatable bonds is 7. The topological polar surface area (TPSA) is 94.6 Å². The molecule has 1 aromatic carbocycles. The molecule has 1 saturated heterocycles. The van der Waals surface area contributed by atoms with E-state index >= 15 is 0 Å². The van der Waals surface area contributed by atoms with Gasteiger partial charge in [0.2, 0.25) is 11.8 Å². The minimum Gasteiger partial charge on any atom is -0.361 e. The van der Waals surface area contributed by atoms with E-state index in [4.69, 9.17) is 0 Å². The Bertz CT molecular complexity index is 900. The second-order valence-corrected chi connectivity index (χ2v) is 6.70. The van der Waals surface area contributed by atoms with Crippen LogP contribution in [-0.2, 0) is 16.0 Å². The Hall–Kier alpha value is -2.96. The van der Waals surface area contributed by atoms with Crippen molar-refractivity contribution in [2.75, 3.05) is 13.1 Å². The van der Waals surface area contributed by atoms with Crippen molar-refractivity contribution in [1.29, 1.82) is 0 Å². The van der Waals surface area contributed by atoms with Crippen molar-refractivity contribution in [2.24, 2.45) is 10.9 Å². The van der Waals surface area contributed by atoms with Gasteiger partial charge < -0.3 is 4.98 Å². The van der Waals surface area contributed by atoms with Crippen molar-refractivity contribution in [3.05, 3.63) is 36.0 Å². The first kappa shape index (κ1) is 18.8. The summed E-state index contributed by atoms with van der Waals surface area (Å²) in [4.78, 5) is 45.5. The second-order valence-electron chi connectivity index (χ2n) is 6.70. The number of aromatic amines is 1. The molecule has 2 aromatic rings. The molecule has 0 unspecified atom stereocenters. The first-order valence-electron chi connectivity index (χ1n) is 9.25. The Morgan fingerprint density at radius 1 is 1.22 bits per heavy atom. The fourth-order valence-electron chi connectivity index (χ4n) is 3.29. The molecule has 142 valence electrons. The predicted octanol–water partition coefficient (Wildman–Crippen LogP) is 2.67. The van der Waals surface area contributed by atoms with Gasteiger partial charge in [-0.2, -0.15) is 0 Å². The van der Waals surface area contributed by atoms with Gasteiger partial charge in [-0.25, -0.2) is 4.79 Å². The van der Waals surface area contributed by atoms with E-state index in [1.54, 1.807) is 6.92 Å². The van der Waals surface area contributed by atoms with Gasteiger partial charge in [-0.3, -0.25) is 24.8 Å². The van der Waals surface area contributed by atoms with Crippen molar-refractivity contribution in [3.8, 4) is 0 Å². The third-order valence-corrected chi connectivity index (χ3v) is 4.82. The lowest BCUT2D eigenvalue weighted by atomic mass is 9.99. The first-order valence-corrected chi connectivity index (χ1v) is 9.25. The fraction of sp³-hybridized carbons (Fsp3) is 0.400. The SMILES string of the molecule is CCCCN1C(=O)NC(=O)[C@H](C(C)=NCCc2c[nH]c3ccccc23)C1=O. The maximum absolute atomic E-state index is 12.6. The van der Waals surface area contributed by atoms with Crippen molar-refractivity contribution < 1.29 is 14.4 Å². The summed E-state index contributed by atoms with van der Waals surface area (Å²) in [7, 11) is 0. The number of unbranched alkanes of at least 4 members (excludes halogenated alkanes) is 1. The number of fused-ring (bicyclic) bond motifs is 1. The van der Waals surface area contributed by atoms with Gasteiger partial charge in [-0.1, -0.05) is 31.5 Å². The molecule has 0 bridgehead atoms. The third kappa shape index (κ3) is 3.92. The largest absolute Gasteiger partial charge is 0.361 e. The monoisotopic (exact) mass is 368 g/mol. The number of barbiturate groups is 1. The molecule has 1 aliphatic rings. The number of carbonyl (C=O) groups is 3. The average Bonchev–Trinajstić information content (AvgIpc) is 3.04. The van der Waals surface area contributed by atoms with Crippen molar-refractivity contribution in [1.82, 2.24) is 15.2 Å². The van der Waals surface area contributed by atoms with Crippen LogP contribution in [0.3, 0.4) is 0 Å². The normalized spacial score (nSPS) is 18.3. The van der Waals surface area contributed by atoms with Crippen LogP contribution in [0.2, 0.25) is 0 Å². The van der Waals surface area contributed by atoms with Crippen LogP contribution in [0.15, 0.2) is 35.5 Å². The number of imide groups is 2. The summed E-state index contributed by atoms with van der Waals surface area (Å²) < 4.78 is 0. The first-order chi connectivity index (χ1) is 13.0. The highest BCUT2D eigenvalue weighted by Crippen LogP contribution is 2.18. The van der Waals surface area contributed by atoms with Crippen LogP contribution in [0.25, 0.3) is 10.9 Å². The summed E-state index contributed by atoms with van der Waals surface area (Å²) >= 11 is 0. The molecule has 0 aliphatic carbocycles. The molecule has 1 aromatic heterocycles. The number of carbonyl (C=O) groups excluding carboxylic acids is 3. The molecule has 2 N–H and O–H groups in total. The highest BCUT2D eigenvalue weighted by Gasteiger charge is 2.41. The van der Waals surface area contributed by atoms with Crippen LogP contribution in [0.1, 0.15) is 32.3 Å². The number of urea groups is 1. The fourth-order valence-corrected chi connectivity index (χ4v) is 3.29. The highest BCUT2D eigenvalue weighted by atomic mass is 16.2. The Kier molecular flexibility index (Phi) is 5.69. The van der Waals surface area contributed by atoms with Crippen LogP contribution in [0, 0.1) is 5.92 Å². The average molecular weight is 368 g/mol. The maximum atomic E-state index is 12.6. The molecule has 0 saturated carbocycles. The van der Waals surface area contributed by atoms with Crippen LogP contribution < -0.4 is 5.32 Å². The molecule has 0 spiro atoms. The quantitative estimate of drug-likeness (QED) is 0.581. The van der Waals surface area contributed by atoms with E-state index in [9.17, 15) is 14.4 Å². The van der Waals surface area contributed by atoms with Gasteiger partial charge in [0, 0.05) is 35.9 Å². The van der Waals surface area contributed by atoms with Crippen LogP contribution in [0.4, 0.5) is 4.79 Å². The summed E-state index contributed by atoms with van der Waals surface area (Å²) in [6.45, 7) is 4.43. The van der Waals surface area contributed by atoms with E-state index in [1.807, 2.05) is 37.4 Å². The number of para-hydroxylation sites is 1. The van der Waals surface area contributed by atoms with E-state index in [-0.39, 0.29) is 0 Å². The Balaban J connectivity index is 1.69. The molecule has 1 atom stereocenters. The molecule has 1 fully saturated rings. The number of hydrogen-bond acceptors (Lipinski definition) is 4. The molecule has 27 heavy (non-hydrogen) atoms. The maximum Gasteiger partial charge on any atom is 0.330 e. The summed E-state index contributed by atoms with van der Waals surface area (Å²) in [6.07, 6.45) is 4.21. The summed E-state index contributed by atoms with van der Waals surface area (Å²) in [5.74, 6) is -2.10. The van der Waals surface area contributed by atoms with Crippen LogP contribution in [0.5, 0.6) is 0 Å². The highest BCUT2D eigenvalue weighted by molar-refractivity contribution is 6.27. The molecular formula is C20H24N4O3. The van der Waals surface area contributed by atoms with Crippen LogP contribution in [-0.4, -0.2) is 46.5 Å². The Morgan fingerprint density at radius 2 is 2.00 bits per heavy atom. The van der Waals surface area contributed by atoms with Crippen molar-refractivity contribution in [2.45, 2.75) is 33.1 Å².